The normalized spacial score (nSPS) is 17.9. The van der Waals surface area contributed by atoms with Crippen molar-refractivity contribution in [3.8, 4) is 0 Å². The van der Waals surface area contributed by atoms with Crippen molar-refractivity contribution in [3.05, 3.63) is 41.1 Å². The van der Waals surface area contributed by atoms with Crippen molar-refractivity contribution in [2.75, 3.05) is 0 Å². The summed E-state index contributed by atoms with van der Waals surface area (Å²) in [5.74, 6) is 0.0185. The molecule has 0 saturated carbocycles. The maximum Gasteiger partial charge on any atom is 0.363 e. The van der Waals surface area contributed by atoms with Crippen LogP contribution in [0.25, 0.3) is 6.08 Å². The summed E-state index contributed by atoms with van der Waals surface area (Å²) in [7, 11) is 0. The zero-order valence-electron chi connectivity index (χ0n) is 11.2. The molecule has 1 aliphatic rings. The Kier molecular flexibility index (Phi) is 3.07. The highest BCUT2D eigenvalue weighted by Crippen LogP contribution is 2.23. The molecule has 2 rings (SSSR count). The Morgan fingerprint density at radius 2 is 1.78 bits per heavy atom. The maximum absolute atomic E-state index is 11.4. The first-order valence-corrected chi connectivity index (χ1v) is 5.96. The van der Waals surface area contributed by atoms with Gasteiger partial charge in [0.05, 0.1) is 0 Å². The average Bonchev–Trinajstić information content (AvgIpc) is 2.57. The average molecular weight is 243 g/mol. The van der Waals surface area contributed by atoms with Gasteiger partial charge in [-0.2, -0.15) is 0 Å². The number of esters is 1. The summed E-state index contributed by atoms with van der Waals surface area (Å²) in [4.78, 5) is 15.5. The van der Waals surface area contributed by atoms with Crippen LogP contribution < -0.4 is 0 Å². The van der Waals surface area contributed by atoms with Gasteiger partial charge in [0.1, 0.15) is 0 Å². The molecule has 0 bridgehead atoms. The van der Waals surface area contributed by atoms with Crippen molar-refractivity contribution < 1.29 is 9.53 Å². The molecule has 1 aromatic rings. The number of carbonyl (C=O) groups excluding carboxylic acids is 1. The summed E-state index contributed by atoms with van der Waals surface area (Å²) in [6.45, 7) is 8.18. The van der Waals surface area contributed by atoms with Crippen LogP contribution in [0.5, 0.6) is 0 Å². The number of carbonyl (C=O) groups is 1. The molecule has 0 fully saturated rings. The topological polar surface area (TPSA) is 38.7 Å². The number of nitrogens with zero attached hydrogens (tertiary/aromatic N) is 1. The minimum atomic E-state index is -0.382. The number of rotatable bonds is 1. The van der Waals surface area contributed by atoms with Crippen molar-refractivity contribution >= 4 is 17.9 Å². The first-order valence-electron chi connectivity index (χ1n) is 5.96. The molecule has 1 aliphatic heterocycles. The van der Waals surface area contributed by atoms with Gasteiger partial charge in [-0.1, -0.05) is 45.0 Å². The zero-order chi connectivity index (χ0) is 13.3. The second-order valence-electron chi connectivity index (χ2n) is 5.42. The number of hydrogen-bond donors (Lipinski definition) is 0. The van der Waals surface area contributed by atoms with E-state index in [4.69, 9.17) is 4.74 Å². The summed E-state index contributed by atoms with van der Waals surface area (Å²) in [6.07, 6.45) is 1.74. The van der Waals surface area contributed by atoms with Crippen LogP contribution in [0.2, 0.25) is 0 Å². The highest BCUT2D eigenvalue weighted by atomic mass is 16.6. The van der Waals surface area contributed by atoms with E-state index in [2.05, 4.69) is 37.9 Å². The van der Waals surface area contributed by atoms with Gasteiger partial charge < -0.3 is 4.74 Å². The number of ether oxygens (including phenoxy) is 1. The van der Waals surface area contributed by atoms with Crippen LogP contribution >= 0.6 is 0 Å². The van der Waals surface area contributed by atoms with E-state index in [0.29, 0.717) is 11.6 Å². The molecule has 0 saturated heterocycles. The van der Waals surface area contributed by atoms with Gasteiger partial charge in [-0.3, -0.25) is 0 Å². The van der Waals surface area contributed by atoms with E-state index in [0.717, 1.165) is 5.56 Å². The molecule has 0 aromatic heterocycles. The fourth-order valence-electron chi connectivity index (χ4n) is 1.75. The van der Waals surface area contributed by atoms with Gasteiger partial charge in [0.25, 0.3) is 0 Å². The lowest BCUT2D eigenvalue weighted by atomic mass is 9.87. The van der Waals surface area contributed by atoms with E-state index in [1.54, 1.807) is 13.0 Å². The number of aliphatic imine (C=N–C) groups is 1. The van der Waals surface area contributed by atoms with E-state index in [9.17, 15) is 4.79 Å². The summed E-state index contributed by atoms with van der Waals surface area (Å²) >= 11 is 0. The zero-order valence-corrected chi connectivity index (χ0v) is 11.2. The van der Waals surface area contributed by atoms with E-state index in [1.807, 2.05) is 12.1 Å². The van der Waals surface area contributed by atoms with E-state index < -0.39 is 0 Å². The molecule has 0 radical (unpaired) electrons. The third-order valence-electron chi connectivity index (χ3n) is 2.81. The van der Waals surface area contributed by atoms with Crippen molar-refractivity contribution in [1.29, 1.82) is 0 Å². The van der Waals surface area contributed by atoms with Gasteiger partial charge in [-0.15, -0.1) is 0 Å². The molecule has 0 aliphatic carbocycles. The number of hydrogen-bond acceptors (Lipinski definition) is 3. The van der Waals surface area contributed by atoms with Crippen LogP contribution in [0.1, 0.15) is 38.8 Å². The smallest absolute Gasteiger partial charge is 0.363 e. The Balaban J connectivity index is 2.26. The highest BCUT2D eigenvalue weighted by molar-refractivity contribution is 6.06. The van der Waals surface area contributed by atoms with Crippen LogP contribution in [-0.4, -0.2) is 11.9 Å². The Morgan fingerprint density at radius 3 is 2.22 bits per heavy atom. The van der Waals surface area contributed by atoms with Crippen molar-refractivity contribution in [1.82, 2.24) is 0 Å². The fraction of sp³-hybridized carbons (Fsp3) is 0.333. The predicted octanol–water partition coefficient (Wildman–Crippen LogP) is 3.30. The van der Waals surface area contributed by atoms with Crippen LogP contribution in [0, 0.1) is 0 Å². The Hall–Kier alpha value is -1.90. The molecule has 94 valence electrons. The lowest BCUT2D eigenvalue weighted by molar-refractivity contribution is -0.130. The molecule has 18 heavy (non-hydrogen) atoms. The van der Waals surface area contributed by atoms with Crippen LogP contribution in [0.4, 0.5) is 0 Å². The second kappa shape index (κ2) is 4.41. The van der Waals surface area contributed by atoms with E-state index in [-0.39, 0.29) is 11.4 Å². The van der Waals surface area contributed by atoms with Crippen molar-refractivity contribution in [3.63, 3.8) is 0 Å². The van der Waals surface area contributed by atoms with E-state index >= 15 is 0 Å². The van der Waals surface area contributed by atoms with Gasteiger partial charge in [0, 0.05) is 6.92 Å². The Bertz CT molecular complexity index is 531. The minimum Gasteiger partial charge on any atom is -0.407 e. The van der Waals surface area contributed by atoms with Crippen LogP contribution in [0.3, 0.4) is 0 Å². The summed E-state index contributed by atoms with van der Waals surface area (Å²) in [6, 6.07) is 8.13. The molecule has 0 unspecified atom stereocenters. The summed E-state index contributed by atoms with van der Waals surface area (Å²) < 4.78 is 4.87. The van der Waals surface area contributed by atoms with Gasteiger partial charge in [0.15, 0.2) is 11.6 Å². The lowest BCUT2D eigenvalue weighted by Crippen LogP contribution is -2.10. The van der Waals surface area contributed by atoms with Gasteiger partial charge >= 0.3 is 5.97 Å². The molecule has 1 aromatic carbocycles. The van der Waals surface area contributed by atoms with Crippen molar-refractivity contribution in [2.45, 2.75) is 33.1 Å². The molecule has 3 heteroatoms. The van der Waals surface area contributed by atoms with Gasteiger partial charge in [0.2, 0.25) is 0 Å². The molecule has 0 spiro atoms. The number of cyclic esters (lactones) is 1. The summed E-state index contributed by atoms with van der Waals surface area (Å²) in [5.41, 5.74) is 2.70. The van der Waals surface area contributed by atoms with Crippen LogP contribution in [-0.2, 0) is 14.9 Å². The largest absolute Gasteiger partial charge is 0.407 e. The minimum absolute atomic E-state index is 0.132. The van der Waals surface area contributed by atoms with Crippen molar-refractivity contribution in [2.24, 2.45) is 4.99 Å². The Morgan fingerprint density at radius 1 is 1.17 bits per heavy atom. The van der Waals surface area contributed by atoms with Gasteiger partial charge in [-0.05, 0) is 22.6 Å². The van der Waals surface area contributed by atoms with Gasteiger partial charge in [-0.25, -0.2) is 9.79 Å². The molecule has 1 heterocycles. The predicted molar refractivity (Wildman–Crippen MR) is 72.3 cm³/mol. The summed E-state index contributed by atoms with van der Waals surface area (Å²) in [5, 5.41) is 0. The quantitative estimate of drug-likeness (QED) is 0.560. The molecular weight excluding hydrogens is 226 g/mol. The third kappa shape index (κ3) is 2.67. The third-order valence-corrected chi connectivity index (χ3v) is 2.81. The van der Waals surface area contributed by atoms with Crippen LogP contribution in [0.15, 0.2) is 35.0 Å². The second-order valence-corrected chi connectivity index (χ2v) is 5.42. The molecule has 3 nitrogen and oxygen atoms in total. The fourth-order valence-corrected chi connectivity index (χ4v) is 1.75. The maximum atomic E-state index is 11.4. The van der Waals surface area contributed by atoms with E-state index in [1.165, 1.54) is 5.56 Å². The molecule has 0 atom stereocenters. The monoisotopic (exact) mass is 243 g/mol. The Labute approximate surface area is 107 Å². The standard InChI is InChI=1S/C15H17NO2/c1-10-16-13(14(17)18-10)9-11-5-7-12(8-6-11)15(2,3)4/h5-9H,1-4H3. The molecule has 0 amide bonds. The SMILES string of the molecule is CC1=NC(=Cc2ccc(C(C)(C)C)cc2)C(=O)O1. The lowest BCUT2D eigenvalue weighted by Gasteiger charge is -2.18. The first-order chi connectivity index (χ1) is 8.36. The molecular formula is C15H17NO2. The molecule has 0 N–H and O–H groups in total. The first kappa shape index (κ1) is 12.6. The highest BCUT2D eigenvalue weighted by Gasteiger charge is 2.19. The number of benzene rings is 1.